The Morgan fingerprint density at radius 3 is 2.14 bits per heavy atom. The molecule has 1 aromatic rings. The van der Waals surface area contributed by atoms with Gasteiger partial charge in [0.2, 0.25) is 10.0 Å². The van der Waals surface area contributed by atoms with Crippen LogP contribution in [-0.4, -0.2) is 54.0 Å². The van der Waals surface area contributed by atoms with Crippen LogP contribution in [0, 0.1) is 15.9 Å². The maximum atomic E-state index is 13.7. The molecule has 0 aliphatic carbocycles. The van der Waals surface area contributed by atoms with Gasteiger partial charge in [-0.3, -0.25) is 10.1 Å². The minimum Gasteiger partial charge on any atom is -0.394 e. The Morgan fingerprint density at radius 2 is 1.76 bits per heavy atom. The molecule has 0 bridgehead atoms. The number of hydrogen-bond donors (Lipinski definition) is 4. The van der Waals surface area contributed by atoms with Crippen molar-refractivity contribution >= 4 is 15.7 Å². The zero-order valence-electron chi connectivity index (χ0n) is 10.6. The predicted molar refractivity (Wildman–Crippen MR) is 67.4 cm³/mol. The minimum atomic E-state index is -4.55. The highest BCUT2D eigenvalue weighted by Gasteiger charge is 2.35. The normalized spacial score (nSPS) is 12.4. The number of sulfonamides is 1. The summed E-state index contributed by atoms with van der Waals surface area (Å²) in [6.07, 6.45) is 0. The summed E-state index contributed by atoms with van der Waals surface area (Å²) in [6, 6.07) is 1.88. The van der Waals surface area contributed by atoms with Crippen LogP contribution in [0.25, 0.3) is 0 Å². The summed E-state index contributed by atoms with van der Waals surface area (Å²) in [6.45, 7) is -2.81. The Bertz CT molecular complexity index is 622. The van der Waals surface area contributed by atoms with E-state index in [4.69, 9.17) is 15.3 Å². The van der Waals surface area contributed by atoms with Gasteiger partial charge in [-0.05, 0) is 6.07 Å². The maximum Gasteiger partial charge on any atom is 0.272 e. The molecule has 11 heteroatoms. The zero-order chi connectivity index (χ0) is 16.3. The van der Waals surface area contributed by atoms with E-state index in [9.17, 15) is 22.9 Å². The maximum absolute atomic E-state index is 13.7. The third-order valence-corrected chi connectivity index (χ3v) is 4.29. The number of aliphatic hydroxyl groups excluding tert-OH is 3. The first kappa shape index (κ1) is 17.4. The van der Waals surface area contributed by atoms with E-state index in [-0.39, 0.29) is 0 Å². The van der Waals surface area contributed by atoms with E-state index in [1.807, 2.05) is 0 Å². The number of nitro benzene ring substituents is 1. The van der Waals surface area contributed by atoms with Gasteiger partial charge in [0.05, 0.1) is 30.8 Å². The Balaban J connectivity index is 3.23. The van der Waals surface area contributed by atoms with Crippen molar-refractivity contribution in [3.05, 3.63) is 34.1 Å². The van der Waals surface area contributed by atoms with Crippen LogP contribution in [0.3, 0.4) is 0 Å². The summed E-state index contributed by atoms with van der Waals surface area (Å²) in [5.41, 5.74) is -2.61. The topological polar surface area (TPSA) is 150 Å². The number of nitro groups is 1. The molecule has 0 fully saturated rings. The molecule has 4 N–H and O–H groups in total. The second kappa shape index (κ2) is 6.41. The van der Waals surface area contributed by atoms with E-state index in [2.05, 4.69) is 0 Å². The monoisotopic (exact) mass is 324 g/mol. The van der Waals surface area contributed by atoms with Crippen molar-refractivity contribution in [2.75, 3.05) is 19.8 Å². The molecule has 21 heavy (non-hydrogen) atoms. The van der Waals surface area contributed by atoms with Gasteiger partial charge in [0.1, 0.15) is 16.3 Å². The molecular weight excluding hydrogens is 311 g/mol. The van der Waals surface area contributed by atoms with Crippen LogP contribution in [0.2, 0.25) is 0 Å². The quantitative estimate of drug-likeness (QED) is 0.360. The lowest BCUT2D eigenvalue weighted by Crippen LogP contribution is -2.56. The van der Waals surface area contributed by atoms with Gasteiger partial charge in [0.25, 0.3) is 5.69 Å². The number of rotatable bonds is 7. The van der Waals surface area contributed by atoms with Crippen molar-refractivity contribution in [1.82, 2.24) is 4.72 Å². The fourth-order valence-electron chi connectivity index (χ4n) is 1.41. The van der Waals surface area contributed by atoms with Crippen molar-refractivity contribution in [3.63, 3.8) is 0 Å². The van der Waals surface area contributed by atoms with Crippen LogP contribution in [0.1, 0.15) is 0 Å². The molecule has 0 spiro atoms. The minimum absolute atomic E-state index is 0.424. The van der Waals surface area contributed by atoms with Gasteiger partial charge in [-0.2, -0.15) is 4.72 Å². The lowest BCUT2D eigenvalue weighted by atomic mass is 10.1. The Hall–Kier alpha value is -1.66. The number of hydrogen-bond acceptors (Lipinski definition) is 7. The Morgan fingerprint density at radius 1 is 1.24 bits per heavy atom. The van der Waals surface area contributed by atoms with Crippen molar-refractivity contribution in [1.29, 1.82) is 0 Å². The third kappa shape index (κ3) is 3.71. The molecule has 0 saturated heterocycles. The molecule has 0 unspecified atom stereocenters. The predicted octanol–water partition coefficient (Wildman–Crippen LogP) is -1.27. The standard InChI is InChI=1S/C10H13FN2O7S/c11-8-3-7(13(17)18)1-2-9(8)21(19,20)12-10(4-14,5-15)6-16/h1-3,12,14-16H,4-6H2. The molecule has 118 valence electrons. The average molecular weight is 324 g/mol. The average Bonchev–Trinajstić information content (AvgIpc) is 2.44. The largest absolute Gasteiger partial charge is 0.394 e. The van der Waals surface area contributed by atoms with Crippen LogP contribution in [0.4, 0.5) is 10.1 Å². The number of nitrogens with zero attached hydrogens (tertiary/aromatic N) is 1. The van der Waals surface area contributed by atoms with Crippen LogP contribution in [-0.2, 0) is 10.0 Å². The van der Waals surface area contributed by atoms with Crippen molar-refractivity contribution in [3.8, 4) is 0 Å². The van der Waals surface area contributed by atoms with Gasteiger partial charge in [-0.1, -0.05) is 0 Å². The summed E-state index contributed by atoms with van der Waals surface area (Å²) in [5.74, 6) is -1.38. The highest BCUT2D eigenvalue weighted by molar-refractivity contribution is 7.89. The molecular formula is C10H13FN2O7S. The fraction of sp³-hybridized carbons (Fsp3) is 0.400. The number of nitrogens with one attached hydrogen (secondary N) is 1. The molecule has 0 saturated carbocycles. The number of aliphatic hydroxyl groups is 3. The van der Waals surface area contributed by atoms with E-state index >= 15 is 0 Å². The number of halogens is 1. The van der Waals surface area contributed by atoms with Gasteiger partial charge >= 0.3 is 0 Å². The van der Waals surface area contributed by atoms with Crippen LogP contribution >= 0.6 is 0 Å². The molecule has 0 atom stereocenters. The molecule has 0 aliphatic rings. The summed E-state index contributed by atoms with van der Waals surface area (Å²) < 4.78 is 39.4. The van der Waals surface area contributed by atoms with Crippen molar-refractivity contribution in [2.24, 2.45) is 0 Å². The highest BCUT2D eigenvalue weighted by atomic mass is 32.2. The molecule has 9 nitrogen and oxygen atoms in total. The van der Waals surface area contributed by atoms with Crippen LogP contribution < -0.4 is 4.72 Å². The van der Waals surface area contributed by atoms with E-state index in [1.54, 1.807) is 4.72 Å². The fourth-order valence-corrected chi connectivity index (χ4v) is 2.84. The van der Waals surface area contributed by atoms with Gasteiger partial charge < -0.3 is 15.3 Å². The summed E-state index contributed by atoms with van der Waals surface area (Å²) in [4.78, 5) is 8.65. The Labute approximate surface area is 118 Å². The third-order valence-electron chi connectivity index (χ3n) is 2.67. The highest BCUT2D eigenvalue weighted by Crippen LogP contribution is 2.21. The second-order valence-corrected chi connectivity index (χ2v) is 5.88. The van der Waals surface area contributed by atoms with Crippen molar-refractivity contribution in [2.45, 2.75) is 10.4 Å². The molecule has 0 aromatic heterocycles. The summed E-state index contributed by atoms with van der Waals surface area (Å²) >= 11 is 0. The van der Waals surface area contributed by atoms with E-state index in [0.29, 0.717) is 12.1 Å². The smallest absolute Gasteiger partial charge is 0.272 e. The van der Waals surface area contributed by atoms with Crippen LogP contribution in [0.5, 0.6) is 0 Å². The summed E-state index contributed by atoms with van der Waals surface area (Å²) in [5, 5.41) is 37.6. The van der Waals surface area contributed by atoms with E-state index in [1.165, 1.54) is 0 Å². The number of non-ortho nitro benzene ring substituents is 1. The van der Waals surface area contributed by atoms with Crippen molar-refractivity contribution < 1.29 is 33.1 Å². The molecule has 1 rings (SSSR count). The Kier molecular flexibility index (Phi) is 5.31. The molecule has 1 aromatic carbocycles. The zero-order valence-corrected chi connectivity index (χ0v) is 11.4. The number of benzene rings is 1. The lowest BCUT2D eigenvalue weighted by Gasteiger charge is -2.28. The van der Waals surface area contributed by atoms with Gasteiger partial charge in [0.15, 0.2) is 0 Å². The van der Waals surface area contributed by atoms with Gasteiger partial charge in [0, 0.05) is 6.07 Å². The first-order valence-electron chi connectivity index (χ1n) is 5.52. The van der Waals surface area contributed by atoms with E-state index in [0.717, 1.165) is 6.07 Å². The SMILES string of the molecule is O=[N+]([O-])c1ccc(S(=O)(=O)NC(CO)(CO)CO)c(F)c1. The first-order chi connectivity index (χ1) is 9.71. The van der Waals surface area contributed by atoms with Gasteiger partial charge in [-0.25, -0.2) is 12.8 Å². The molecule has 0 radical (unpaired) electrons. The van der Waals surface area contributed by atoms with Gasteiger partial charge in [-0.15, -0.1) is 0 Å². The molecule has 0 amide bonds. The molecule has 0 heterocycles. The van der Waals surface area contributed by atoms with E-state index < -0.39 is 56.7 Å². The lowest BCUT2D eigenvalue weighted by molar-refractivity contribution is -0.385. The van der Waals surface area contributed by atoms with Crippen LogP contribution in [0.15, 0.2) is 23.1 Å². The summed E-state index contributed by atoms with van der Waals surface area (Å²) in [7, 11) is -4.55. The molecule has 0 aliphatic heterocycles. The second-order valence-electron chi connectivity index (χ2n) is 4.23. The first-order valence-corrected chi connectivity index (χ1v) is 7.00.